The molecule has 0 radical (unpaired) electrons. The van der Waals surface area contributed by atoms with Gasteiger partial charge in [-0.1, -0.05) is 25.3 Å². The van der Waals surface area contributed by atoms with E-state index < -0.39 is 0 Å². The molecule has 6 heteroatoms. The van der Waals surface area contributed by atoms with Crippen molar-refractivity contribution in [2.45, 2.75) is 56.8 Å². The molecule has 0 bridgehead atoms. The smallest absolute Gasteiger partial charge is 0.233 e. The van der Waals surface area contributed by atoms with Gasteiger partial charge in [-0.3, -0.25) is 9.69 Å². The summed E-state index contributed by atoms with van der Waals surface area (Å²) in [5.74, 6) is 2.66. The normalized spacial score (nSPS) is 24.3. The molecule has 1 amide bonds. The predicted octanol–water partition coefficient (Wildman–Crippen LogP) is 3.58. The van der Waals surface area contributed by atoms with Gasteiger partial charge in [-0.25, -0.2) is 0 Å². The Bertz CT molecular complexity index is 763. The molecule has 1 aromatic carbocycles. The van der Waals surface area contributed by atoms with Crippen LogP contribution in [-0.2, 0) is 14.9 Å². The molecular weight excluding hydrogens is 392 g/mol. The number of ether oxygens (including phenoxy) is 3. The Morgan fingerprint density at radius 2 is 1.71 bits per heavy atom. The molecule has 6 nitrogen and oxygen atoms in total. The van der Waals surface area contributed by atoms with Crippen molar-refractivity contribution in [3.63, 3.8) is 0 Å². The lowest BCUT2D eigenvalue weighted by atomic mass is 9.68. The number of benzene rings is 1. The van der Waals surface area contributed by atoms with Gasteiger partial charge in [0.2, 0.25) is 12.7 Å². The minimum atomic E-state index is -0.389. The van der Waals surface area contributed by atoms with E-state index in [9.17, 15) is 4.79 Å². The number of morpholine rings is 1. The van der Waals surface area contributed by atoms with Gasteiger partial charge in [0, 0.05) is 26.2 Å². The van der Waals surface area contributed by atoms with Crippen molar-refractivity contribution in [1.82, 2.24) is 9.80 Å². The third-order valence-electron chi connectivity index (χ3n) is 7.90. The Kier molecular flexibility index (Phi) is 6.37. The van der Waals surface area contributed by atoms with Crippen molar-refractivity contribution < 1.29 is 19.0 Å². The first-order valence-corrected chi connectivity index (χ1v) is 12.2. The molecule has 0 aromatic heterocycles. The van der Waals surface area contributed by atoms with Gasteiger partial charge in [0.25, 0.3) is 0 Å². The summed E-state index contributed by atoms with van der Waals surface area (Å²) in [4.78, 5) is 18.6. The fourth-order valence-corrected chi connectivity index (χ4v) is 5.89. The Balaban J connectivity index is 1.23. The summed E-state index contributed by atoms with van der Waals surface area (Å²) in [5, 5.41) is 0. The monoisotopic (exact) mass is 428 g/mol. The van der Waals surface area contributed by atoms with E-state index in [2.05, 4.69) is 21.9 Å². The highest BCUT2D eigenvalue weighted by Gasteiger charge is 2.44. The summed E-state index contributed by atoms with van der Waals surface area (Å²) in [7, 11) is 0. The Labute approximate surface area is 185 Å². The molecule has 0 atom stereocenters. The van der Waals surface area contributed by atoms with E-state index in [1.807, 2.05) is 6.07 Å². The predicted molar refractivity (Wildman–Crippen MR) is 119 cm³/mol. The van der Waals surface area contributed by atoms with Gasteiger partial charge >= 0.3 is 0 Å². The van der Waals surface area contributed by atoms with Crippen LogP contribution < -0.4 is 9.47 Å². The maximum atomic E-state index is 13.9. The molecule has 2 saturated heterocycles. The lowest BCUT2D eigenvalue weighted by Crippen LogP contribution is -2.50. The van der Waals surface area contributed by atoms with E-state index in [0.29, 0.717) is 5.91 Å². The van der Waals surface area contributed by atoms with E-state index in [1.165, 1.54) is 19.4 Å². The zero-order valence-corrected chi connectivity index (χ0v) is 18.7. The molecule has 3 aliphatic heterocycles. The summed E-state index contributed by atoms with van der Waals surface area (Å²) in [6.45, 7) is 7.12. The van der Waals surface area contributed by atoms with Crippen molar-refractivity contribution in [1.29, 1.82) is 0 Å². The number of hydrogen-bond acceptors (Lipinski definition) is 5. The molecule has 0 N–H and O–H groups in total. The first kappa shape index (κ1) is 21.1. The number of hydrogen-bond donors (Lipinski definition) is 0. The SMILES string of the molecule is O=C(N1CCC(CCN2CCOCC2)CC1)C1(c2ccc3c(c2)OCO3)CCCCC1. The van der Waals surface area contributed by atoms with Crippen LogP contribution in [0.1, 0.15) is 56.9 Å². The van der Waals surface area contributed by atoms with Gasteiger partial charge in [-0.05, 0) is 62.3 Å². The maximum Gasteiger partial charge on any atom is 0.233 e. The number of likely N-dealkylation sites (tertiary alicyclic amines) is 1. The fourth-order valence-electron chi connectivity index (χ4n) is 5.89. The number of carbonyl (C=O) groups excluding carboxylic acids is 1. The van der Waals surface area contributed by atoms with Crippen molar-refractivity contribution in [3.05, 3.63) is 23.8 Å². The largest absolute Gasteiger partial charge is 0.454 e. The second kappa shape index (κ2) is 9.37. The van der Waals surface area contributed by atoms with E-state index >= 15 is 0 Å². The first-order valence-electron chi connectivity index (χ1n) is 12.2. The number of amides is 1. The molecule has 1 aliphatic carbocycles. The minimum absolute atomic E-state index is 0.275. The van der Waals surface area contributed by atoms with Crippen LogP contribution in [0.4, 0.5) is 0 Å². The third kappa shape index (κ3) is 4.42. The van der Waals surface area contributed by atoms with Gasteiger partial charge in [-0.2, -0.15) is 0 Å². The molecule has 0 spiro atoms. The van der Waals surface area contributed by atoms with Gasteiger partial charge in [0.15, 0.2) is 11.5 Å². The molecule has 3 fully saturated rings. The summed E-state index contributed by atoms with van der Waals surface area (Å²) in [6.07, 6.45) is 8.87. The standard InChI is InChI=1S/C25H36N2O4/c28-24(27-12-7-20(8-13-27)6-11-26-14-16-29-17-15-26)25(9-2-1-3-10-25)21-4-5-22-23(18-21)31-19-30-22/h4-5,18,20H,1-3,6-17,19H2. The molecule has 5 rings (SSSR count). The zero-order chi connectivity index (χ0) is 21.1. The van der Waals surface area contributed by atoms with Crippen LogP contribution in [0.15, 0.2) is 18.2 Å². The fraction of sp³-hybridized carbons (Fsp3) is 0.720. The van der Waals surface area contributed by atoms with Crippen LogP contribution in [0.25, 0.3) is 0 Å². The third-order valence-corrected chi connectivity index (χ3v) is 7.90. The Hall–Kier alpha value is -1.79. The molecule has 170 valence electrons. The lowest BCUT2D eigenvalue weighted by Gasteiger charge is -2.43. The summed E-state index contributed by atoms with van der Waals surface area (Å²) >= 11 is 0. The second-order valence-electron chi connectivity index (χ2n) is 9.69. The molecule has 4 aliphatic rings. The Morgan fingerprint density at radius 1 is 0.968 bits per heavy atom. The summed E-state index contributed by atoms with van der Waals surface area (Å²) in [5.41, 5.74) is 0.732. The number of fused-ring (bicyclic) bond motifs is 1. The van der Waals surface area contributed by atoms with E-state index in [1.54, 1.807) is 0 Å². The van der Waals surface area contributed by atoms with E-state index in [0.717, 1.165) is 101 Å². The van der Waals surface area contributed by atoms with E-state index in [4.69, 9.17) is 14.2 Å². The maximum absolute atomic E-state index is 13.9. The zero-order valence-electron chi connectivity index (χ0n) is 18.7. The van der Waals surface area contributed by atoms with Gasteiger partial charge < -0.3 is 19.1 Å². The van der Waals surface area contributed by atoms with E-state index in [-0.39, 0.29) is 12.2 Å². The summed E-state index contributed by atoms with van der Waals surface area (Å²) < 4.78 is 16.6. The average molecular weight is 429 g/mol. The molecule has 1 aromatic rings. The topological polar surface area (TPSA) is 51.2 Å². The van der Waals surface area contributed by atoms with Crippen molar-refractivity contribution >= 4 is 5.91 Å². The van der Waals surface area contributed by atoms with Crippen LogP contribution in [0.5, 0.6) is 11.5 Å². The van der Waals surface area contributed by atoms with Crippen LogP contribution in [-0.4, -0.2) is 68.4 Å². The van der Waals surface area contributed by atoms with Gasteiger partial charge in [0.1, 0.15) is 0 Å². The van der Waals surface area contributed by atoms with Crippen LogP contribution >= 0.6 is 0 Å². The number of piperidine rings is 1. The second-order valence-corrected chi connectivity index (χ2v) is 9.69. The Morgan fingerprint density at radius 3 is 2.48 bits per heavy atom. The van der Waals surface area contributed by atoms with Crippen molar-refractivity contribution in [2.24, 2.45) is 5.92 Å². The van der Waals surface area contributed by atoms with Gasteiger partial charge in [0.05, 0.1) is 18.6 Å². The van der Waals surface area contributed by atoms with Crippen LogP contribution in [0, 0.1) is 5.92 Å². The highest BCUT2D eigenvalue weighted by molar-refractivity contribution is 5.88. The van der Waals surface area contributed by atoms with Crippen LogP contribution in [0.3, 0.4) is 0 Å². The van der Waals surface area contributed by atoms with Crippen LogP contribution in [0.2, 0.25) is 0 Å². The lowest BCUT2D eigenvalue weighted by molar-refractivity contribution is -0.140. The molecule has 0 unspecified atom stereocenters. The number of carbonyl (C=O) groups is 1. The highest BCUT2D eigenvalue weighted by Crippen LogP contribution is 2.45. The van der Waals surface area contributed by atoms with Crippen molar-refractivity contribution in [3.8, 4) is 11.5 Å². The first-order chi connectivity index (χ1) is 15.2. The number of nitrogens with zero attached hydrogens (tertiary/aromatic N) is 2. The molecule has 3 heterocycles. The highest BCUT2D eigenvalue weighted by atomic mass is 16.7. The minimum Gasteiger partial charge on any atom is -0.454 e. The van der Waals surface area contributed by atoms with Gasteiger partial charge in [-0.15, -0.1) is 0 Å². The summed E-state index contributed by atoms with van der Waals surface area (Å²) in [6, 6.07) is 6.16. The molecular formula is C25H36N2O4. The average Bonchev–Trinajstić information content (AvgIpc) is 3.32. The number of rotatable bonds is 5. The quantitative estimate of drug-likeness (QED) is 0.718. The molecule has 1 saturated carbocycles. The molecule has 31 heavy (non-hydrogen) atoms. The van der Waals surface area contributed by atoms with Crippen molar-refractivity contribution in [2.75, 3.05) is 52.7 Å².